The maximum absolute atomic E-state index is 3.77. The van der Waals surface area contributed by atoms with Gasteiger partial charge >= 0.3 is 0 Å². The van der Waals surface area contributed by atoms with Gasteiger partial charge in [0.05, 0.1) is 6.04 Å². The number of benzene rings is 2. The van der Waals surface area contributed by atoms with Crippen LogP contribution in [0.2, 0.25) is 0 Å². The Morgan fingerprint density at radius 2 is 1.86 bits per heavy atom. The van der Waals surface area contributed by atoms with Crippen molar-refractivity contribution in [2.45, 2.75) is 32.2 Å². The van der Waals surface area contributed by atoms with E-state index in [4.69, 9.17) is 0 Å². The Hall–Kier alpha value is -2.22. The van der Waals surface area contributed by atoms with Crippen molar-refractivity contribution in [2.75, 3.05) is 5.32 Å². The molecule has 1 aliphatic heterocycles. The first-order chi connectivity index (χ1) is 10.4. The van der Waals surface area contributed by atoms with Gasteiger partial charge in [0.15, 0.2) is 0 Å². The molecule has 4 rings (SSSR count). The molecule has 0 fully saturated rings. The molecule has 0 aliphatic carbocycles. The van der Waals surface area contributed by atoms with Crippen LogP contribution >= 0.6 is 0 Å². The van der Waals surface area contributed by atoms with Crippen LogP contribution < -0.4 is 5.32 Å². The smallest absolute Gasteiger partial charge is 0.0537 e. The second kappa shape index (κ2) is 4.96. The number of para-hydroxylation sites is 2. The van der Waals surface area contributed by atoms with Crippen LogP contribution in [0.5, 0.6) is 0 Å². The van der Waals surface area contributed by atoms with E-state index >= 15 is 0 Å². The Labute approximate surface area is 125 Å². The van der Waals surface area contributed by atoms with Gasteiger partial charge in [-0.15, -0.1) is 0 Å². The molecule has 0 bridgehead atoms. The summed E-state index contributed by atoms with van der Waals surface area (Å²) in [6.07, 6.45) is 3.31. The lowest BCUT2D eigenvalue weighted by molar-refractivity contribution is 0.680. The lowest BCUT2D eigenvalue weighted by Crippen LogP contribution is -2.10. The van der Waals surface area contributed by atoms with Gasteiger partial charge in [0, 0.05) is 34.3 Å². The van der Waals surface area contributed by atoms with Crippen LogP contribution in [0, 0.1) is 0 Å². The van der Waals surface area contributed by atoms with E-state index in [1.807, 2.05) is 0 Å². The molecule has 2 heteroatoms. The summed E-state index contributed by atoms with van der Waals surface area (Å²) in [6.45, 7) is 2.26. The number of aromatic amines is 1. The van der Waals surface area contributed by atoms with Crippen molar-refractivity contribution < 1.29 is 0 Å². The number of aromatic nitrogens is 1. The first kappa shape index (κ1) is 12.5. The number of hydrogen-bond acceptors (Lipinski definition) is 1. The van der Waals surface area contributed by atoms with Crippen molar-refractivity contribution in [2.24, 2.45) is 0 Å². The van der Waals surface area contributed by atoms with Crippen molar-refractivity contribution >= 4 is 16.6 Å². The minimum atomic E-state index is 0.393. The normalized spacial score (nSPS) is 16.9. The van der Waals surface area contributed by atoms with Gasteiger partial charge in [-0.3, -0.25) is 0 Å². The SMILES string of the molecule is CCCC1Nc2ccccc2Cc2[nH]c3ccccc3c21. The molecule has 21 heavy (non-hydrogen) atoms. The minimum absolute atomic E-state index is 0.393. The third-order valence-electron chi connectivity index (χ3n) is 4.47. The van der Waals surface area contributed by atoms with Crippen LogP contribution in [0.4, 0.5) is 5.69 Å². The third kappa shape index (κ3) is 2.02. The molecule has 0 spiro atoms. The maximum Gasteiger partial charge on any atom is 0.0537 e. The molecule has 0 amide bonds. The van der Waals surface area contributed by atoms with Gasteiger partial charge in [-0.05, 0) is 24.1 Å². The largest absolute Gasteiger partial charge is 0.378 e. The van der Waals surface area contributed by atoms with Crippen molar-refractivity contribution in [3.8, 4) is 0 Å². The number of hydrogen-bond donors (Lipinski definition) is 2. The van der Waals surface area contributed by atoms with Crippen molar-refractivity contribution in [3.05, 3.63) is 65.4 Å². The number of anilines is 1. The summed E-state index contributed by atoms with van der Waals surface area (Å²) in [5, 5.41) is 5.14. The maximum atomic E-state index is 3.77. The highest BCUT2D eigenvalue weighted by molar-refractivity contribution is 5.86. The van der Waals surface area contributed by atoms with E-state index in [1.165, 1.54) is 39.8 Å². The van der Waals surface area contributed by atoms with E-state index in [0.29, 0.717) is 6.04 Å². The second-order valence-electron chi connectivity index (χ2n) is 5.88. The standard InChI is InChI=1S/C19H20N2/c1-2-7-17-19-14-9-4-6-11-16(14)21-18(19)12-13-8-3-5-10-15(13)20-17/h3-6,8-11,17,20-21H,2,7,12H2,1H3. The topological polar surface area (TPSA) is 27.8 Å². The van der Waals surface area contributed by atoms with Gasteiger partial charge < -0.3 is 10.3 Å². The molecule has 1 aliphatic rings. The zero-order valence-corrected chi connectivity index (χ0v) is 12.3. The highest BCUT2D eigenvalue weighted by Gasteiger charge is 2.24. The number of rotatable bonds is 2. The Bertz CT molecular complexity index is 785. The molecular formula is C19H20N2. The van der Waals surface area contributed by atoms with E-state index in [2.05, 4.69) is 65.8 Å². The van der Waals surface area contributed by atoms with Crippen LogP contribution in [0.1, 0.15) is 42.6 Å². The lowest BCUT2D eigenvalue weighted by Gasteiger charge is -2.19. The highest BCUT2D eigenvalue weighted by Crippen LogP contribution is 2.38. The summed E-state index contributed by atoms with van der Waals surface area (Å²) < 4.78 is 0. The van der Waals surface area contributed by atoms with Gasteiger partial charge in [-0.2, -0.15) is 0 Å². The Morgan fingerprint density at radius 1 is 1.05 bits per heavy atom. The van der Waals surface area contributed by atoms with Gasteiger partial charge in [-0.1, -0.05) is 49.7 Å². The predicted molar refractivity (Wildman–Crippen MR) is 88.8 cm³/mol. The van der Waals surface area contributed by atoms with Crippen LogP contribution in [0.3, 0.4) is 0 Å². The van der Waals surface area contributed by atoms with Crippen LogP contribution in [-0.2, 0) is 6.42 Å². The van der Waals surface area contributed by atoms with Crippen molar-refractivity contribution in [1.29, 1.82) is 0 Å². The zero-order chi connectivity index (χ0) is 14.2. The molecule has 2 heterocycles. The van der Waals surface area contributed by atoms with E-state index in [1.54, 1.807) is 0 Å². The molecule has 0 radical (unpaired) electrons. The van der Waals surface area contributed by atoms with Crippen molar-refractivity contribution in [3.63, 3.8) is 0 Å². The molecule has 1 unspecified atom stereocenters. The first-order valence-electron chi connectivity index (χ1n) is 7.80. The van der Waals surface area contributed by atoms with Crippen molar-refractivity contribution in [1.82, 2.24) is 4.98 Å². The summed E-state index contributed by atoms with van der Waals surface area (Å²) in [6, 6.07) is 17.7. The fourth-order valence-electron chi connectivity index (χ4n) is 3.53. The lowest BCUT2D eigenvalue weighted by atomic mass is 9.98. The van der Waals surface area contributed by atoms with Crippen LogP contribution in [-0.4, -0.2) is 4.98 Å². The molecule has 1 aromatic heterocycles. The number of H-pyrrole nitrogens is 1. The average Bonchev–Trinajstić information content (AvgIpc) is 2.79. The van der Waals surface area contributed by atoms with E-state index < -0.39 is 0 Å². The van der Waals surface area contributed by atoms with Gasteiger partial charge in [0.1, 0.15) is 0 Å². The molecule has 2 N–H and O–H groups in total. The fraction of sp³-hybridized carbons (Fsp3) is 0.263. The molecule has 0 saturated carbocycles. The summed E-state index contributed by atoms with van der Waals surface area (Å²) in [5.41, 5.74) is 6.74. The average molecular weight is 276 g/mol. The molecule has 1 atom stereocenters. The molecule has 106 valence electrons. The van der Waals surface area contributed by atoms with Crippen LogP contribution in [0.15, 0.2) is 48.5 Å². The minimum Gasteiger partial charge on any atom is -0.378 e. The molecule has 2 nitrogen and oxygen atoms in total. The van der Waals surface area contributed by atoms with Crippen LogP contribution in [0.25, 0.3) is 10.9 Å². The monoisotopic (exact) mass is 276 g/mol. The summed E-state index contributed by atoms with van der Waals surface area (Å²) in [5.74, 6) is 0. The first-order valence-corrected chi connectivity index (χ1v) is 7.80. The molecule has 2 aromatic carbocycles. The summed E-state index contributed by atoms with van der Waals surface area (Å²) in [7, 11) is 0. The summed E-state index contributed by atoms with van der Waals surface area (Å²) in [4.78, 5) is 3.65. The van der Waals surface area contributed by atoms with Gasteiger partial charge in [0.2, 0.25) is 0 Å². The van der Waals surface area contributed by atoms with E-state index in [0.717, 1.165) is 12.8 Å². The Balaban J connectivity index is 1.93. The number of nitrogens with one attached hydrogen (secondary N) is 2. The Kier molecular flexibility index (Phi) is 2.95. The molecular weight excluding hydrogens is 256 g/mol. The fourth-order valence-corrected chi connectivity index (χ4v) is 3.53. The predicted octanol–water partition coefficient (Wildman–Crippen LogP) is 5.03. The second-order valence-corrected chi connectivity index (χ2v) is 5.88. The van der Waals surface area contributed by atoms with E-state index in [9.17, 15) is 0 Å². The molecule has 0 saturated heterocycles. The molecule has 3 aromatic rings. The number of fused-ring (bicyclic) bond motifs is 4. The van der Waals surface area contributed by atoms with Gasteiger partial charge in [0.25, 0.3) is 0 Å². The van der Waals surface area contributed by atoms with Gasteiger partial charge in [-0.25, -0.2) is 0 Å². The summed E-state index contributed by atoms with van der Waals surface area (Å²) >= 11 is 0. The quantitative estimate of drug-likeness (QED) is 0.675. The third-order valence-corrected chi connectivity index (χ3v) is 4.47. The highest BCUT2D eigenvalue weighted by atomic mass is 14.9. The Morgan fingerprint density at radius 3 is 2.76 bits per heavy atom. The van der Waals surface area contributed by atoms with E-state index in [-0.39, 0.29) is 0 Å². The zero-order valence-electron chi connectivity index (χ0n) is 12.3.